The van der Waals surface area contributed by atoms with Crippen LogP contribution in [0.15, 0.2) is 58.7 Å². The summed E-state index contributed by atoms with van der Waals surface area (Å²) in [6.07, 6.45) is 0. The van der Waals surface area contributed by atoms with Crippen molar-refractivity contribution in [3.8, 4) is 17.0 Å². The Labute approximate surface area is 157 Å². The van der Waals surface area contributed by atoms with E-state index in [9.17, 15) is 9.59 Å². The fraction of sp³-hybridized carbons (Fsp3) is 0.0526. The van der Waals surface area contributed by atoms with Gasteiger partial charge in [-0.2, -0.15) is 5.10 Å². The molecule has 134 valence electrons. The van der Waals surface area contributed by atoms with Crippen LogP contribution in [-0.2, 0) is 0 Å². The summed E-state index contributed by atoms with van der Waals surface area (Å²) in [5.74, 6) is 0.330. The Morgan fingerprint density at radius 3 is 2.59 bits per heavy atom. The van der Waals surface area contributed by atoms with Crippen molar-refractivity contribution < 1.29 is 9.53 Å². The lowest BCUT2D eigenvalue weighted by molar-refractivity contribution is 0.102. The Kier molecular flexibility index (Phi) is 4.39. The number of hydrogen-bond acceptors (Lipinski definition) is 6. The fourth-order valence-corrected chi connectivity index (χ4v) is 3.38. The monoisotopic (exact) mass is 378 g/mol. The van der Waals surface area contributed by atoms with Crippen LogP contribution in [0.3, 0.4) is 0 Å². The van der Waals surface area contributed by atoms with Gasteiger partial charge in [0, 0.05) is 16.3 Å². The molecular formula is C19H14N4O3S. The molecule has 0 unspecified atom stereocenters. The van der Waals surface area contributed by atoms with Gasteiger partial charge in [0.15, 0.2) is 10.8 Å². The predicted octanol–water partition coefficient (Wildman–Crippen LogP) is 3.31. The van der Waals surface area contributed by atoms with Gasteiger partial charge < -0.3 is 4.74 Å². The Bertz CT molecular complexity index is 1180. The van der Waals surface area contributed by atoms with Crippen LogP contribution < -0.4 is 15.6 Å². The van der Waals surface area contributed by atoms with Gasteiger partial charge in [-0.15, -0.1) is 11.3 Å². The molecule has 0 bridgehead atoms. The second-order valence-electron chi connectivity index (χ2n) is 5.67. The van der Waals surface area contributed by atoms with Crippen LogP contribution in [0.4, 0.5) is 5.13 Å². The third-order valence-electron chi connectivity index (χ3n) is 4.02. The maximum atomic E-state index is 12.6. The molecule has 2 aromatic heterocycles. The van der Waals surface area contributed by atoms with Gasteiger partial charge in [0.2, 0.25) is 0 Å². The van der Waals surface area contributed by atoms with E-state index in [-0.39, 0.29) is 11.3 Å². The van der Waals surface area contributed by atoms with Gasteiger partial charge in [-0.25, -0.2) is 10.1 Å². The zero-order valence-corrected chi connectivity index (χ0v) is 15.0. The Hall–Kier alpha value is -3.52. The van der Waals surface area contributed by atoms with E-state index < -0.39 is 5.91 Å². The molecule has 8 heteroatoms. The molecule has 0 fully saturated rings. The molecule has 1 amide bonds. The standard InChI is InChI=1S/C19H14N4O3S/c1-26-12-8-6-11(7-9-12)15-10-27-19(20-15)21-18(25)16-13-4-2-3-5-14(13)17(24)23-22-16/h2-10H,1H3,(H,23,24)(H,20,21,25). The molecule has 0 aliphatic carbocycles. The number of rotatable bonds is 4. The highest BCUT2D eigenvalue weighted by Gasteiger charge is 2.16. The van der Waals surface area contributed by atoms with Crippen molar-refractivity contribution in [3.05, 3.63) is 70.0 Å². The molecule has 2 heterocycles. The van der Waals surface area contributed by atoms with Gasteiger partial charge in [0.25, 0.3) is 11.5 Å². The zero-order valence-electron chi connectivity index (χ0n) is 14.2. The Morgan fingerprint density at radius 1 is 1.11 bits per heavy atom. The first-order chi connectivity index (χ1) is 13.2. The number of anilines is 1. The van der Waals surface area contributed by atoms with E-state index in [1.165, 1.54) is 11.3 Å². The second-order valence-corrected chi connectivity index (χ2v) is 6.53. The highest BCUT2D eigenvalue weighted by Crippen LogP contribution is 2.27. The first-order valence-electron chi connectivity index (χ1n) is 8.04. The molecule has 7 nitrogen and oxygen atoms in total. The van der Waals surface area contributed by atoms with E-state index in [1.54, 1.807) is 31.4 Å². The smallest absolute Gasteiger partial charge is 0.278 e. The van der Waals surface area contributed by atoms with Crippen LogP contribution in [-0.4, -0.2) is 28.2 Å². The van der Waals surface area contributed by atoms with Gasteiger partial charge in [-0.1, -0.05) is 18.2 Å². The molecular weight excluding hydrogens is 364 g/mol. The zero-order chi connectivity index (χ0) is 18.8. The number of nitrogens with zero attached hydrogens (tertiary/aromatic N) is 2. The first-order valence-corrected chi connectivity index (χ1v) is 8.92. The quantitative estimate of drug-likeness (QED) is 0.568. The molecule has 0 radical (unpaired) electrons. The lowest BCUT2D eigenvalue weighted by atomic mass is 10.1. The van der Waals surface area contributed by atoms with Crippen LogP contribution in [0.5, 0.6) is 5.75 Å². The predicted molar refractivity (Wildman–Crippen MR) is 104 cm³/mol. The SMILES string of the molecule is COc1ccc(-c2csc(NC(=O)c3n[nH]c(=O)c4ccccc34)n2)cc1. The number of aromatic nitrogens is 3. The average Bonchev–Trinajstić information content (AvgIpc) is 3.17. The highest BCUT2D eigenvalue weighted by atomic mass is 32.1. The number of benzene rings is 2. The molecule has 0 aliphatic heterocycles. The molecule has 2 N–H and O–H groups in total. The van der Waals surface area contributed by atoms with Crippen LogP contribution in [0.2, 0.25) is 0 Å². The van der Waals surface area contributed by atoms with Crippen LogP contribution in [0.25, 0.3) is 22.0 Å². The van der Waals surface area contributed by atoms with E-state index in [0.29, 0.717) is 15.9 Å². The topological polar surface area (TPSA) is 97.0 Å². The third-order valence-corrected chi connectivity index (χ3v) is 4.78. The summed E-state index contributed by atoms with van der Waals surface area (Å²) in [6.45, 7) is 0. The lowest BCUT2D eigenvalue weighted by Gasteiger charge is -2.04. The van der Waals surface area contributed by atoms with Gasteiger partial charge in [0.05, 0.1) is 18.2 Å². The normalized spacial score (nSPS) is 10.7. The fourth-order valence-electron chi connectivity index (χ4n) is 2.67. The van der Waals surface area contributed by atoms with Crippen molar-refractivity contribution >= 4 is 33.1 Å². The van der Waals surface area contributed by atoms with Crippen molar-refractivity contribution in [2.45, 2.75) is 0 Å². The maximum Gasteiger partial charge on any atom is 0.278 e. The minimum atomic E-state index is -0.432. The molecule has 0 spiro atoms. The van der Waals surface area contributed by atoms with E-state index in [1.807, 2.05) is 29.6 Å². The van der Waals surface area contributed by atoms with Crippen LogP contribution in [0.1, 0.15) is 10.5 Å². The van der Waals surface area contributed by atoms with Crippen molar-refractivity contribution in [2.24, 2.45) is 0 Å². The van der Waals surface area contributed by atoms with Gasteiger partial charge in [-0.05, 0) is 30.3 Å². The number of amides is 1. The number of hydrogen-bond donors (Lipinski definition) is 2. The van der Waals surface area contributed by atoms with Gasteiger partial charge in [-0.3, -0.25) is 14.9 Å². The number of aromatic amines is 1. The number of ether oxygens (including phenoxy) is 1. The number of fused-ring (bicyclic) bond motifs is 1. The summed E-state index contributed by atoms with van der Waals surface area (Å²) in [5.41, 5.74) is 1.47. The lowest BCUT2D eigenvalue weighted by Crippen LogP contribution is -2.19. The number of nitrogens with one attached hydrogen (secondary N) is 2. The summed E-state index contributed by atoms with van der Waals surface area (Å²) in [7, 11) is 1.61. The summed E-state index contributed by atoms with van der Waals surface area (Å²) in [4.78, 5) is 28.9. The maximum absolute atomic E-state index is 12.6. The van der Waals surface area contributed by atoms with E-state index in [4.69, 9.17) is 4.74 Å². The molecule has 4 rings (SSSR count). The van der Waals surface area contributed by atoms with Crippen molar-refractivity contribution in [1.82, 2.24) is 15.2 Å². The number of methoxy groups -OCH3 is 1. The minimum absolute atomic E-state index is 0.145. The minimum Gasteiger partial charge on any atom is -0.497 e. The van der Waals surface area contributed by atoms with Gasteiger partial charge >= 0.3 is 0 Å². The molecule has 0 saturated carbocycles. The van der Waals surface area contributed by atoms with E-state index in [2.05, 4.69) is 20.5 Å². The molecule has 0 atom stereocenters. The van der Waals surface area contributed by atoms with Crippen molar-refractivity contribution in [2.75, 3.05) is 12.4 Å². The molecule has 4 aromatic rings. The summed E-state index contributed by atoms with van der Waals surface area (Å²) >= 11 is 1.31. The van der Waals surface area contributed by atoms with E-state index in [0.717, 1.165) is 17.0 Å². The van der Waals surface area contributed by atoms with E-state index >= 15 is 0 Å². The molecule has 0 saturated heterocycles. The number of carbonyl (C=O) groups is 1. The number of thiazole rings is 1. The average molecular weight is 378 g/mol. The summed E-state index contributed by atoms with van der Waals surface area (Å²) in [6, 6.07) is 14.3. The Morgan fingerprint density at radius 2 is 1.85 bits per heavy atom. The van der Waals surface area contributed by atoms with Crippen LogP contribution in [0, 0.1) is 0 Å². The number of carbonyl (C=O) groups excluding carboxylic acids is 1. The Balaban J connectivity index is 1.60. The van der Waals surface area contributed by atoms with Gasteiger partial charge in [0.1, 0.15) is 5.75 Å². The molecule has 2 aromatic carbocycles. The highest BCUT2D eigenvalue weighted by molar-refractivity contribution is 7.14. The summed E-state index contributed by atoms with van der Waals surface area (Å²) in [5, 5.41) is 12.2. The largest absolute Gasteiger partial charge is 0.497 e. The van der Waals surface area contributed by atoms with Crippen molar-refractivity contribution in [1.29, 1.82) is 0 Å². The summed E-state index contributed by atoms with van der Waals surface area (Å²) < 4.78 is 5.15. The number of H-pyrrole nitrogens is 1. The molecule has 27 heavy (non-hydrogen) atoms. The third kappa shape index (κ3) is 3.30. The molecule has 0 aliphatic rings. The second kappa shape index (κ2) is 7.00. The first kappa shape index (κ1) is 16.9. The van der Waals surface area contributed by atoms with Crippen LogP contribution >= 0.6 is 11.3 Å². The van der Waals surface area contributed by atoms with Crippen molar-refractivity contribution in [3.63, 3.8) is 0 Å².